The van der Waals surface area contributed by atoms with Gasteiger partial charge in [-0.25, -0.2) is 9.78 Å². The number of aryl methyl sites for hydroxylation is 2. The Kier molecular flexibility index (Phi) is 2.87. The summed E-state index contributed by atoms with van der Waals surface area (Å²) in [6.07, 6.45) is 3.45. The molecule has 0 bridgehead atoms. The fourth-order valence-electron chi connectivity index (χ4n) is 1.70. The summed E-state index contributed by atoms with van der Waals surface area (Å²) in [5.74, 6) is -1.02. The van der Waals surface area contributed by atoms with E-state index in [1.54, 1.807) is 25.4 Å². The maximum atomic E-state index is 10.9. The van der Waals surface area contributed by atoms with Crippen LogP contribution in [0.15, 0.2) is 30.6 Å². The molecule has 86 valence electrons. The zero-order chi connectivity index (χ0) is 12.4. The Morgan fingerprint density at radius 2 is 2.06 bits per heavy atom. The van der Waals surface area contributed by atoms with E-state index >= 15 is 0 Å². The molecule has 2 aromatic heterocycles. The highest BCUT2D eigenvalue weighted by Gasteiger charge is 2.09. The third kappa shape index (κ3) is 2.30. The van der Waals surface area contributed by atoms with Crippen LogP contribution in [0.25, 0.3) is 11.1 Å². The molecule has 0 aliphatic heterocycles. The molecule has 17 heavy (non-hydrogen) atoms. The van der Waals surface area contributed by atoms with E-state index in [9.17, 15) is 4.79 Å². The van der Waals surface area contributed by atoms with Gasteiger partial charge in [0.15, 0.2) is 0 Å². The Morgan fingerprint density at radius 3 is 2.71 bits per heavy atom. The van der Waals surface area contributed by atoms with E-state index in [0.29, 0.717) is 5.69 Å². The number of aromatic nitrogens is 2. The van der Waals surface area contributed by atoms with Gasteiger partial charge < -0.3 is 5.11 Å². The molecule has 0 fully saturated rings. The number of hydrogen-bond acceptors (Lipinski definition) is 3. The van der Waals surface area contributed by atoms with Crippen molar-refractivity contribution in [2.75, 3.05) is 0 Å². The molecule has 0 saturated carbocycles. The third-order valence-electron chi connectivity index (χ3n) is 2.52. The van der Waals surface area contributed by atoms with Gasteiger partial charge in [-0.05, 0) is 43.2 Å². The minimum absolute atomic E-state index is 0.0586. The molecule has 0 spiro atoms. The molecule has 4 heteroatoms. The molecule has 0 aromatic carbocycles. The standard InChI is InChI=1S/C13H12N2O2/c1-8-3-4-14-7-11(8)10-5-9(2)15-12(6-10)13(16)17/h3-7H,1-2H3,(H,16,17). The van der Waals surface area contributed by atoms with Crippen molar-refractivity contribution in [2.24, 2.45) is 0 Å². The van der Waals surface area contributed by atoms with Crippen LogP contribution in [0.5, 0.6) is 0 Å². The molecule has 0 radical (unpaired) electrons. The first kappa shape index (κ1) is 11.3. The van der Waals surface area contributed by atoms with Crippen molar-refractivity contribution in [3.63, 3.8) is 0 Å². The predicted octanol–water partition coefficient (Wildman–Crippen LogP) is 2.46. The molecule has 2 heterocycles. The summed E-state index contributed by atoms with van der Waals surface area (Å²) in [6.45, 7) is 3.74. The highest BCUT2D eigenvalue weighted by molar-refractivity contribution is 5.87. The van der Waals surface area contributed by atoms with Crippen molar-refractivity contribution in [1.82, 2.24) is 9.97 Å². The normalized spacial score (nSPS) is 10.2. The molecule has 0 amide bonds. The molecule has 0 unspecified atom stereocenters. The molecule has 0 aliphatic rings. The molecule has 2 rings (SSSR count). The Hall–Kier alpha value is -2.23. The number of rotatable bonds is 2. The summed E-state index contributed by atoms with van der Waals surface area (Å²) >= 11 is 0. The number of nitrogens with zero attached hydrogens (tertiary/aromatic N) is 2. The van der Waals surface area contributed by atoms with Crippen LogP contribution in [0.4, 0.5) is 0 Å². The molecule has 0 aliphatic carbocycles. The summed E-state index contributed by atoms with van der Waals surface area (Å²) in [4.78, 5) is 19.0. The van der Waals surface area contributed by atoms with Gasteiger partial charge >= 0.3 is 5.97 Å². The van der Waals surface area contributed by atoms with Gasteiger partial charge in [0.2, 0.25) is 0 Å². The van der Waals surface area contributed by atoms with Gasteiger partial charge in [-0.2, -0.15) is 0 Å². The lowest BCUT2D eigenvalue weighted by atomic mass is 10.0. The molecule has 4 nitrogen and oxygen atoms in total. The van der Waals surface area contributed by atoms with Crippen molar-refractivity contribution in [2.45, 2.75) is 13.8 Å². The van der Waals surface area contributed by atoms with Crippen molar-refractivity contribution in [3.8, 4) is 11.1 Å². The fourth-order valence-corrected chi connectivity index (χ4v) is 1.70. The first-order chi connectivity index (χ1) is 8.08. The average Bonchev–Trinajstić information content (AvgIpc) is 2.28. The van der Waals surface area contributed by atoms with Crippen molar-refractivity contribution >= 4 is 5.97 Å². The molecule has 2 aromatic rings. The van der Waals surface area contributed by atoms with Gasteiger partial charge in [0, 0.05) is 23.7 Å². The van der Waals surface area contributed by atoms with E-state index < -0.39 is 5.97 Å². The lowest BCUT2D eigenvalue weighted by Gasteiger charge is -2.07. The van der Waals surface area contributed by atoms with Gasteiger partial charge in [0.25, 0.3) is 0 Å². The second-order valence-electron chi connectivity index (χ2n) is 3.88. The summed E-state index contributed by atoms with van der Waals surface area (Å²) in [6, 6.07) is 5.32. The number of carboxylic acids is 1. The lowest BCUT2D eigenvalue weighted by Crippen LogP contribution is -2.02. The largest absolute Gasteiger partial charge is 0.477 e. The van der Waals surface area contributed by atoms with Gasteiger partial charge in [-0.3, -0.25) is 4.98 Å². The summed E-state index contributed by atoms with van der Waals surface area (Å²) in [5, 5.41) is 8.97. The third-order valence-corrected chi connectivity index (χ3v) is 2.52. The lowest BCUT2D eigenvalue weighted by molar-refractivity contribution is 0.0690. The van der Waals surface area contributed by atoms with Gasteiger partial charge in [-0.1, -0.05) is 0 Å². The summed E-state index contributed by atoms with van der Waals surface area (Å²) in [5.41, 5.74) is 3.56. The van der Waals surface area contributed by atoms with E-state index in [0.717, 1.165) is 16.7 Å². The Morgan fingerprint density at radius 1 is 1.29 bits per heavy atom. The fraction of sp³-hybridized carbons (Fsp3) is 0.154. The van der Waals surface area contributed by atoms with Gasteiger partial charge in [-0.15, -0.1) is 0 Å². The number of pyridine rings is 2. The highest BCUT2D eigenvalue weighted by Crippen LogP contribution is 2.23. The van der Waals surface area contributed by atoms with Crippen LogP contribution >= 0.6 is 0 Å². The van der Waals surface area contributed by atoms with E-state index in [4.69, 9.17) is 5.11 Å². The van der Waals surface area contributed by atoms with Crippen LogP contribution in [-0.4, -0.2) is 21.0 Å². The highest BCUT2D eigenvalue weighted by atomic mass is 16.4. The van der Waals surface area contributed by atoms with E-state index in [-0.39, 0.29) is 5.69 Å². The Labute approximate surface area is 99.0 Å². The number of aromatic carboxylic acids is 1. The summed E-state index contributed by atoms with van der Waals surface area (Å²) < 4.78 is 0. The van der Waals surface area contributed by atoms with E-state index in [1.165, 1.54) is 0 Å². The number of hydrogen-bond donors (Lipinski definition) is 1. The van der Waals surface area contributed by atoms with Crippen LogP contribution in [0.1, 0.15) is 21.7 Å². The quantitative estimate of drug-likeness (QED) is 0.857. The van der Waals surface area contributed by atoms with E-state index in [1.807, 2.05) is 19.1 Å². The smallest absolute Gasteiger partial charge is 0.354 e. The van der Waals surface area contributed by atoms with Crippen LogP contribution in [-0.2, 0) is 0 Å². The predicted molar refractivity (Wildman–Crippen MR) is 63.9 cm³/mol. The number of carbonyl (C=O) groups is 1. The minimum atomic E-state index is -1.02. The minimum Gasteiger partial charge on any atom is -0.477 e. The van der Waals surface area contributed by atoms with Gasteiger partial charge in [0.05, 0.1) is 0 Å². The summed E-state index contributed by atoms with van der Waals surface area (Å²) in [7, 11) is 0. The van der Waals surface area contributed by atoms with Crippen LogP contribution in [0.3, 0.4) is 0 Å². The zero-order valence-corrected chi connectivity index (χ0v) is 9.64. The van der Waals surface area contributed by atoms with Crippen molar-refractivity contribution in [3.05, 3.63) is 47.5 Å². The zero-order valence-electron chi connectivity index (χ0n) is 9.64. The Bertz CT molecular complexity index is 579. The van der Waals surface area contributed by atoms with Crippen molar-refractivity contribution < 1.29 is 9.90 Å². The second kappa shape index (κ2) is 4.33. The topological polar surface area (TPSA) is 63.1 Å². The van der Waals surface area contributed by atoms with E-state index in [2.05, 4.69) is 9.97 Å². The molecule has 0 saturated heterocycles. The maximum Gasteiger partial charge on any atom is 0.354 e. The molecule has 0 atom stereocenters. The van der Waals surface area contributed by atoms with Crippen LogP contribution < -0.4 is 0 Å². The van der Waals surface area contributed by atoms with Crippen molar-refractivity contribution in [1.29, 1.82) is 0 Å². The first-order valence-corrected chi connectivity index (χ1v) is 5.21. The second-order valence-corrected chi connectivity index (χ2v) is 3.88. The molecular weight excluding hydrogens is 216 g/mol. The first-order valence-electron chi connectivity index (χ1n) is 5.21. The Balaban J connectivity index is 2.60. The molecule has 1 N–H and O–H groups in total. The van der Waals surface area contributed by atoms with Gasteiger partial charge in [0.1, 0.15) is 5.69 Å². The monoisotopic (exact) mass is 228 g/mol. The molecular formula is C13H12N2O2. The maximum absolute atomic E-state index is 10.9. The number of carboxylic acid groups (broad SMARTS) is 1. The average molecular weight is 228 g/mol. The van der Waals surface area contributed by atoms with Crippen LogP contribution in [0.2, 0.25) is 0 Å². The SMILES string of the molecule is Cc1cc(-c2cnccc2C)cc(C(=O)O)n1. The van der Waals surface area contributed by atoms with Crippen LogP contribution in [0, 0.1) is 13.8 Å².